The van der Waals surface area contributed by atoms with Crippen molar-refractivity contribution in [1.29, 1.82) is 0 Å². The van der Waals surface area contributed by atoms with E-state index in [-0.39, 0.29) is 12.5 Å². The lowest BCUT2D eigenvalue weighted by atomic mass is 9.98. The Morgan fingerprint density at radius 3 is 2.52 bits per heavy atom. The third kappa shape index (κ3) is 3.78. The second-order valence-electron chi connectivity index (χ2n) is 5.22. The molecule has 0 aromatic heterocycles. The molecule has 1 aromatic carbocycles. The molecule has 21 heavy (non-hydrogen) atoms. The first-order chi connectivity index (χ1) is 9.95. The summed E-state index contributed by atoms with van der Waals surface area (Å²) < 4.78 is 53.0. The van der Waals surface area contributed by atoms with Crippen LogP contribution >= 0.6 is 0 Å². The van der Waals surface area contributed by atoms with Gasteiger partial charge in [-0.15, -0.1) is 0 Å². The van der Waals surface area contributed by atoms with Crippen LogP contribution in [0, 0.1) is 17.6 Å². The van der Waals surface area contributed by atoms with Gasteiger partial charge in [-0.1, -0.05) is 6.92 Å². The molecule has 2 rings (SSSR count). The Hall–Kier alpha value is -1.05. The number of nitrogens with one attached hydrogen (secondary N) is 1. The standard InChI is InChI=1S/C14H20F2N2O2S/c1-2-18(10-11-5-7-17-8-6-11)21(19,20)14-4-3-12(15)9-13(14)16/h3-4,9,11,17H,2,5-8,10H2,1H3. The number of hydrogen-bond donors (Lipinski definition) is 1. The molecular formula is C14H20F2N2O2S. The second kappa shape index (κ2) is 6.81. The first kappa shape index (κ1) is 16.3. The summed E-state index contributed by atoms with van der Waals surface area (Å²) in [6.45, 7) is 4.10. The quantitative estimate of drug-likeness (QED) is 0.903. The minimum atomic E-state index is -3.93. The van der Waals surface area contributed by atoms with Crippen LogP contribution < -0.4 is 5.32 Å². The molecule has 1 N–H and O–H groups in total. The van der Waals surface area contributed by atoms with E-state index in [0.29, 0.717) is 12.6 Å². The topological polar surface area (TPSA) is 49.4 Å². The third-order valence-corrected chi connectivity index (χ3v) is 5.76. The van der Waals surface area contributed by atoms with Crippen LogP contribution in [0.25, 0.3) is 0 Å². The summed E-state index contributed by atoms with van der Waals surface area (Å²) in [4.78, 5) is -0.459. The fraction of sp³-hybridized carbons (Fsp3) is 0.571. The van der Waals surface area contributed by atoms with Crippen molar-refractivity contribution in [3.8, 4) is 0 Å². The fourth-order valence-electron chi connectivity index (χ4n) is 2.57. The van der Waals surface area contributed by atoms with Crippen LogP contribution in [0.5, 0.6) is 0 Å². The van der Waals surface area contributed by atoms with Crippen LogP contribution in [0.2, 0.25) is 0 Å². The van der Waals surface area contributed by atoms with Gasteiger partial charge in [0.15, 0.2) is 0 Å². The zero-order chi connectivity index (χ0) is 15.5. The summed E-state index contributed by atoms with van der Waals surface area (Å²) in [5.41, 5.74) is 0. The number of rotatable bonds is 5. The molecule has 0 saturated carbocycles. The Morgan fingerprint density at radius 1 is 1.29 bits per heavy atom. The van der Waals surface area contributed by atoms with E-state index in [0.717, 1.165) is 38.1 Å². The Labute approximate surface area is 124 Å². The number of benzene rings is 1. The van der Waals surface area contributed by atoms with Crippen molar-refractivity contribution < 1.29 is 17.2 Å². The molecule has 1 saturated heterocycles. The molecule has 0 spiro atoms. The maximum Gasteiger partial charge on any atom is 0.245 e. The van der Waals surface area contributed by atoms with E-state index in [2.05, 4.69) is 5.32 Å². The molecule has 1 aliphatic heterocycles. The lowest BCUT2D eigenvalue weighted by Gasteiger charge is -2.28. The van der Waals surface area contributed by atoms with E-state index in [1.807, 2.05) is 0 Å². The van der Waals surface area contributed by atoms with Gasteiger partial charge in [0.25, 0.3) is 0 Å². The summed E-state index contributed by atoms with van der Waals surface area (Å²) >= 11 is 0. The van der Waals surface area contributed by atoms with E-state index in [1.165, 1.54) is 4.31 Å². The number of sulfonamides is 1. The zero-order valence-electron chi connectivity index (χ0n) is 12.0. The van der Waals surface area contributed by atoms with Crippen LogP contribution in [-0.4, -0.2) is 38.9 Å². The lowest BCUT2D eigenvalue weighted by molar-refractivity contribution is 0.293. The minimum absolute atomic E-state index is 0.267. The van der Waals surface area contributed by atoms with Crippen LogP contribution in [0.15, 0.2) is 23.1 Å². The van der Waals surface area contributed by atoms with E-state index in [1.54, 1.807) is 6.92 Å². The first-order valence-corrected chi connectivity index (χ1v) is 8.55. The Balaban J connectivity index is 2.22. The van der Waals surface area contributed by atoms with Gasteiger partial charge in [0.05, 0.1) is 0 Å². The maximum atomic E-state index is 13.8. The van der Waals surface area contributed by atoms with Gasteiger partial charge in [-0.05, 0) is 44.0 Å². The molecule has 0 amide bonds. The Morgan fingerprint density at radius 2 is 1.95 bits per heavy atom. The van der Waals surface area contributed by atoms with Crippen LogP contribution in [0.3, 0.4) is 0 Å². The molecule has 0 atom stereocenters. The molecule has 0 unspecified atom stereocenters. The van der Waals surface area contributed by atoms with Crippen LogP contribution in [0.1, 0.15) is 19.8 Å². The Bertz CT molecular complexity index is 587. The van der Waals surface area contributed by atoms with Crippen molar-refractivity contribution in [2.45, 2.75) is 24.7 Å². The van der Waals surface area contributed by atoms with E-state index >= 15 is 0 Å². The number of nitrogens with zero attached hydrogens (tertiary/aromatic N) is 1. The van der Waals surface area contributed by atoms with Crippen molar-refractivity contribution in [2.75, 3.05) is 26.2 Å². The number of halogens is 2. The molecule has 0 aliphatic carbocycles. The van der Waals surface area contributed by atoms with Crippen molar-refractivity contribution in [3.63, 3.8) is 0 Å². The SMILES string of the molecule is CCN(CC1CCNCC1)S(=O)(=O)c1ccc(F)cc1F. The summed E-state index contributed by atoms with van der Waals surface area (Å²) in [6.07, 6.45) is 1.80. The third-order valence-electron chi connectivity index (χ3n) is 3.79. The largest absolute Gasteiger partial charge is 0.317 e. The molecule has 1 aliphatic rings. The predicted molar refractivity (Wildman–Crippen MR) is 76.4 cm³/mol. The van der Waals surface area contributed by atoms with E-state index in [4.69, 9.17) is 0 Å². The van der Waals surface area contributed by atoms with Crippen LogP contribution in [0.4, 0.5) is 8.78 Å². The zero-order valence-corrected chi connectivity index (χ0v) is 12.8. The first-order valence-electron chi connectivity index (χ1n) is 7.11. The highest BCUT2D eigenvalue weighted by molar-refractivity contribution is 7.89. The van der Waals surface area contributed by atoms with Crippen molar-refractivity contribution in [2.24, 2.45) is 5.92 Å². The predicted octanol–water partition coefficient (Wildman–Crippen LogP) is 1.97. The molecule has 0 bridgehead atoms. The molecule has 118 valence electrons. The van der Waals surface area contributed by atoms with Gasteiger partial charge < -0.3 is 5.32 Å². The van der Waals surface area contributed by atoms with Gasteiger partial charge in [-0.2, -0.15) is 4.31 Å². The minimum Gasteiger partial charge on any atom is -0.317 e. The molecular weight excluding hydrogens is 298 g/mol. The molecule has 7 heteroatoms. The Kier molecular flexibility index (Phi) is 5.29. The van der Waals surface area contributed by atoms with E-state index < -0.39 is 26.6 Å². The molecule has 1 aromatic rings. The fourth-order valence-corrected chi connectivity index (χ4v) is 4.14. The molecule has 0 radical (unpaired) electrons. The summed E-state index contributed by atoms with van der Waals surface area (Å²) in [7, 11) is -3.93. The van der Waals surface area contributed by atoms with Gasteiger partial charge in [0, 0.05) is 19.2 Å². The van der Waals surface area contributed by atoms with E-state index in [9.17, 15) is 17.2 Å². The smallest absolute Gasteiger partial charge is 0.245 e. The second-order valence-corrected chi connectivity index (χ2v) is 7.13. The highest BCUT2D eigenvalue weighted by Gasteiger charge is 2.29. The highest BCUT2D eigenvalue weighted by Crippen LogP contribution is 2.23. The van der Waals surface area contributed by atoms with Crippen molar-refractivity contribution in [1.82, 2.24) is 9.62 Å². The molecule has 1 fully saturated rings. The average molecular weight is 318 g/mol. The summed E-state index contributed by atoms with van der Waals surface area (Å²) in [5.74, 6) is -1.56. The van der Waals surface area contributed by atoms with Crippen molar-refractivity contribution in [3.05, 3.63) is 29.8 Å². The van der Waals surface area contributed by atoms with Gasteiger partial charge in [-0.25, -0.2) is 17.2 Å². The monoisotopic (exact) mass is 318 g/mol. The van der Waals surface area contributed by atoms with Gasteiger partial charge in [-0.3, -0.25) is 0 Å². The number of piperidine rings is 1. The molecule has 1 heterocycles. The maximum absolute atomic E-state index is 13.8. The summed E-state index contributed by atoms with van der Waals surface area (Å²) in [5, 5.41) is 3.22. The van der Waals surface area contributed by atoms with Gasteiger partial charge >= 0.3 is 0 Å². The summed E-state index contributed by atoms with van der Waals surface area (Å²) in [6, 6.07) is 2.56. The highest BCUT2D eigenvalue weighted by atomic mass is 32.2. The normalized spacial score (nSPS) is 17.3. The van der Waals surface area contributed by atoms with Crippen LogP contribution in [-0.2, 0) is 10.0 Å². The van der Waals surface area contributed by atoms with Gasteiger partial charge in [0.1, 0.15) is 16.5 Å². The lowest BCUT2D eigenvalue weighted by Crippen LogP contribution is -2.39. The average Bonchev–Trinajstić information content (AvgIpc) is 2.45. The molecule has 4 nitrogen and oxygen atoms in total. The van der Waals surface area contributed by atoms with Gasteiger partial charge in [0.2, 0.25) is 10.0 Å². The number of hydrogen-bond acceptors (Lipinski definition) is 3. The van der Waals surface area contributed by atoms with Crippen molar-refractivity contribution >= 4 is 10.0 Å².